The van der Waals surface area contributed by atoms with E-state index in [4.69, 9.17) is 0 Å². The largest absolute Gasteiger partial charge is 0.508 e. The third-order valence-electron chi connectivity index (χ3n) is 2.49. The normalized spacial score (nSPS) is 22.1. The monoisotopic (exact) mass is 241 g/mol. The summed E-state index contributed by atoms with van der Waals surface area (Å²) in [6.45, 7) is 2.03. The summed E-state index contributed by atoms with van der Waals surface area (Å²) in [7, 11) is 0. The molecule has 1 heterocycles. The Hall–Kier alpha value is -0.540. The van der Waals surface area contributed by atoms with Crippen LogP contribution in [0.4, 0.5) is 0 Å². The van der Waals surface area contributed by atoms with Gasteiger partial charge in [-0.1, -0.05) is 15.9 Å². The van der Waals surface area contributed by atoms with Crippen LogP contribution in [-0.4, -0.2) is 18.2 Å². The van der Waals surface area contributed by atoms with Gasteiger partial charge in [0, 0.05) is 16.9 Å². The molecular formula is C10H12BrNO. The molecule has 2 nitrogen and oxygen atoms in total. The predicted octanol–water partition coefficient (Wildman–Crippen LogP) is 2.23. The van der Waals surface area contributed by atoms with Crippen molar-refractivity contribution in [2.24, 2.45) is 0 Å². The molecule has 1 atom stereocenters. The minimum Gasteiger partial charge on any atom is -0.508 e. The lowest BCUT2D eigenvalue weighted by Crippen LogP contribution is -2.08. The van der Waals surface area contributed by atoms with E-state index in [0.717, 1.165) is 29.5 Å². The van der Waals surface area contributed by atoms with Gasteiger partial charge in [-0.3, -0.25) is 0 Å². The summed E-state index contributed by atoms with van der Waals surface area (Å²) >= 11 is 3.41. The van der Waals surface area contributed by atoms with Crippen LogP contribution in [0.5, 0.6) is 5.75 Å². The van der Waals surface area contributed by atoms with Gasteiger partial charge in [-0.15, -0.1) is 0 Å². The van der Waals surface area contributed by atoms with Crippen molar-refractivity contribution in [2.45, 2.75) is 12.3 Å². The average Bonchev–Trinajstić information content (AvgIpc) is 2.61. The average molecular weight is 242 g/mol. The summed E-state index contributed by atoms with van der Waals surface area (Å²) < 4.78 is 1.03. The van der Waals surface area contributed by atoms with E-state index in [1.54, 1.807) is 6.07 Å². The Labute approximate surface area is 86.1 Å². The van der Waals surface area contributed by atoms with Crippen LogP contribution in [0.15, 0.2) is 22.7 Å². The fourth-order valence-corrected chi connectivity index (χ4v) is 2.15. The molecule has 1 saturated heterocycles. The third kappa shape index (κ3) is 1.86. The number of benzene rings is 1. The van der Waals surface area contributed by atoms with Gasteiger partial charge in [-0.2, -0.15) is 0 Å². The molecule has 2 N–H and O–H groups in total. The number of rotatable bonds is 1. The van der Waals surface area contributed by atoms with E-state index in [1.807, 2.05) is 12.1 Å². The summed E-state index contributed by atoms with van der Waals surface area (Å²) in [6, 6.07) is 5.62. The summed E-state index contributed by atoms with van der Waals surface area (Å²) in [5.74, 6) is 0.884. The second kappa shape index (κ2) is 3.68. The second-order valence-electron chi connectivity index (χ2n) is 3.39. The van der Waals surface area contributed by atoms with Crippen LogP contribution in [0.2, 0.25) is 0 Å². The van der Waals surface area contributed by atoms with Crippen molar-refractivity contribution < 1.29 is 5.11 Å². The second-order valence-corrected chi connectivity index (χ2v) is 4.31. The first kappa shape index (κ1) is 9.03. The van der Waals surface area contributed by atoms with Gasteiger partial charge in [0.15, 0.2) is 0 Å². The summed E-state index contributed by atoms with van der Waals surface area (Å²) in [6.07, 6.45) is 1.12. The van der Waals surface area contributed by atoms with Crippen molar-refractivity contribution in [3.8, 4) is 5.75 Å². The van der Waals surface area contributed by atoms with Gasteiger partial charge in [0.25, 0.3) is 0 Å². The molecule has 0 aromatic heterocycles. The maximum Gasteiger partial charge on any atom is 0.119 e. The maximum absolute atomic E-state index is 9.65. The first-order valence-electron chi connectivity index (χ1n) is 4.46. The van der Waals surface area contributed by atoms with E-state index in [9.17, 15) is 5.11 Å². The number of aromatic hydroxyl groups is 1. The van der Waals surface area contributed by atoms with Crippen molar-refractivity contribution in [1.29, 1.82) is 0 Å². The van der Waals surface area contributed by atoms with Crippen molar-refractivity contribution in [1.82, 2.24) is 5.32 Å². The van der Waals surface area contributed by atoms with E-state index in [0.29, 0.717) is 11.7 Å². The first-order chi connectivity index (χ1) is 6.27. The van der Waals surface area contributed by atoms with E-state index < -0.39 is 0 Å². The molecule has 1 aliphatic rings. The number of hydrogen-bond donors (Lipinski definition) is 2. The quantitative estimate of drug-likeness (QED) is 0.791. The third-order valence-corrected chi connectivity index (χ3v) is 2.98. The molecule has 0 bridgehead atoms. The van der Waals surface area contributed by atoms with Gasteiger partial charge in [-0.05, 0) is 36.7 Å². The standard InChI is InChI=1S/C10H12BrNO/c11-8-1-2-10(13)9(5-8)7-3-4-12-6-7/h1-2,5,7,12-13H,3-4,6H2/t7-/m1/s1. The Morgan fingerprint density at radius 2 is 2.31 bits per heavy atom. The molecule has 3 heteroatoms. The molecule has 70 valence electrons. The van der Waals surface area contributed by atoms with Gasteiger partial charge in [0.2, 0.25) is 0 Å². The van der Waals surface area contributed by atoms with Crippen LogP contribution in [0.3, 0.4) is 0 Å². The zero-order valence-corrected chi connectivity index (χ0v) is 8.84. The van der Waals surface area contributed by atoms with Crippen molar-refractivity contribution in [3.05, 3.63) is 28.2 Å². The van der Waals surface area contributed by atoms with Crippen molar-refractivity contribution in [2.75, 3.05) is 13.1 Å². The Morgan fingerprint density at radius 1 is 1.46 bits per heavy atom. The predicted molar refractivity (Wildman–Crippen MR) is 56.0 cm³/mol. The zero-order valence-electron chi connectivity index (χ0n) is 7.26. The van der Waals surface area contributed by atoms with Gasteiger partial charge in [0.05, 0.1) is 0 Å². The maximum atomic E-state index is 9.65. The zero-order chi connectivity index (χ0) is 9.26. The fourth-order valence-electron chi connectivity index (χ4n) is 1.77. The Morgan fingerprint density at radius 3 is 3.00 bits per heavy atom. The minimum atomic E-state index is 0.414. The lowest BCUT2D eigenvalue weighted by Gasteiger charge is -2.10. The highest BCUT2D eigenvalue weighted by molar-refractivity contribution is 9.10. The lowest BCUT2D eigenvalue weighted by atomic mass is 9.98. The van der Waals surface area contributed by atoms with Gasteiger partial charge in [0.1, 0.15) is 5.75 Å². The van der Waals surface area contributed by atoms with Crippen LogP contribution in [-0.2, 0) is 0 Å². The Bertz CT molecular complexity index is 308. The van der Waals surface area contributed by atoms with Crippen LogP contribution in [0, 0.1) is 0 Å². The van der Waals surface area contributed by atoms with Crippen molar-refractivity contribution >= 4 is 15.9 Å². The molecular weight excluding hydrogens is 230 g/mol. The highest BCUT2D eigenvalue weighted by Crippen LogP contribution is 2.31. The first-order valence-corrected chi connectivity index (χ1v) is 5.26. The van der Waals surface area contributed by atoms with Gasteiger partial charge >= 0.3 is 0 Å². The van der Waals surface area contributed by atoms with E-state index in [-0.39, 0.29) is 0 Å². The molecule has 0 spiro atoms. The SMILES string of the molecule is Oc1ccc(Br)cc1[C@@H]1CCNC1. The van der Waals surface area contributed by atoms with Gasteiger partial charge in [-0.25, -0.2) is 0 Å². The molecule has 1 fully saturated rings. The van der Waals surface area contributed by atoms with E-state index in [2.05, 4.69) is 21.2 Å². The minimum absolute atomic E-state index is 0.414. The molecule has 2 rings (SSSR count). The molecule has 0 aliphatic carbocycles. The Balaban J connectivity index is 2.32. The van der Waals surface area contributed by atoms with Crippen LogP contribution in [0.25, 0.3) is 0 Å². The highest BCUT2D eigenvalue weighted by atomic mass is 79.9. The number of phenols is 1. The molecule has 13 heavy (non-hydrogen) atoms. The van der Waals surface area contributed by atoms with E-state index in [1.165, 1.54) is 0 Å². The Kier molecular flexibility index (Phi) is 2.56. The number of nitrogens with one attached hydrogen (secondary N) is 1. The highest BCUT2D eigenvalue weighted by Gasteiger charge is 2.19. The van der Waals surface area contributed by atoms with E-state index >= 15 is 0 Å². The van der Waals surface area contributed by atoms with Crippen LogP contribution >= 0.6 is 15.9 Å². The molecule has 0 radical (unpaired) electrons. The molecule has 0 saturated carbocycles. The van der Waals surface area contributed by atoms with Crippen LogP contribution in [0.1, 0.15) is 17.9 Å². The topological polar surface area (TPSA) is 32.3 Å². The van der Waals surface area contributed by atoms with Crippen LogP contribution < -0.4 is 5.32 Å². The number of hydrogen-bond acceptors (Lipinski definition) is 2. The molecule has 1 aromatic carbocycles. The van der Waals surface area contributed by atoms with Gasteiger partial charge < -0.3 is 10.4 Å². The number of halogens is 1. The molecule has 0 amide bonds. The molecule has 0 unspecified atom stereocenters. The summed E-state index contributed by atoms with van der Waals surface area (Å²) in [5.41, 5.74) is 1.05. The molecule has 1 aliphatic heterocycles. The number of phenolic OH excluding ortho intramolecular Hbond substituents is 1. The fraction of sp³-hybridized carbons (Fsp3) is 0.400. The lowest BCUT2D eigenvalue weighted by molar-refractivity contribution is 0.462. The summed E-state index contributed by atoms with van der Waals surface area (Å²) in [5, 5.41) is 12.9. The smallest absolute Gasteiger partial charge is 0.119 e. The molecule has 1 aromatic rings. The summed E-state index contributed by atoms with van der Waals surface area (Å²) in [4.78, 5) is 0. The van der Waals surface area contributed by atoms with Crippen molar-refractivity contribution in [3.63, 3.8) is 0 Å².